The van der Waals surface area contributed by atoms with E-state index in [0.717, 1.165) is 5.56 Å². The second-order valence-corrected chi connectivity index (χ2v) is 3.34. The van der Waals surface area contributed by atoms with Crippen LogP contribution in [0.4, 0.5) is 0 Å². The molecular weight excluding hydrogens is 190 g/mol. The smallest absolute Gasteiger partial charge is 0.229 e. The molecule has 0 unspecified atom stereocenters. The van der Waals surface area contributed by atoms with Gasteiger partial charge < -0.3 is 0 Å². The van der Waals surface area contributed by atoms with Crippen LogP contribution in [0.15, 0.2) is 30.3 Å². The number of carbonyl (C=O) groups excluding carboxylic acids is 2. The number of hydrogen-bond donors (Lipinski definition) is 0. The fraction of sp³-hybridized carbons (Fsp3) is 0.333. The van der Waals surface area contributed by atoms with E-state index in [-0.39, 0.29) is 11.8 Å². The lowest BCUT2D eigenvalue weighted by Crippen LogP contribution is -2.33. The maximum atomic E-state index is 11.5. The summed E-state index contributed by atoms with van der Waals surface area (Å²) in [7, 11) is 0. The van der Waals surface area contributed by atoms with Crippen molar-refractivity contribution in [2.45, 2.75) is 26.8 Å². The molecule has 0 atom stereocenters. The monoisotopic (exact) mass is 205 g/mol. The molecule has 0 saturated heterocycles. The number of benzene rings is 1. The highest BCUT2D eigenvalue weighted by Crippen LogP contribution is 2.06. The zero-order chi connectivity index (χ0) is 11.3. The van der Waals surface area contributed by atoms with Gasteiger partial charge in [0, 0.05) is 13.3 Å². The van der Waals surface area contributed by atoms with E-state index in [1.54, 1.807) is 6.92 Å². The molecule has 1 aromatic rings. The Bertz CT molecular complexity index is 346. The van der Waals surface area contributed by atoms with Gasteiger partial charge in [-0.05, 0) is 5.56 Å². The molecule has 15 heavy (non-hydrogen) atoms. The average Bonchev–Trinajstić information content (AvgIpc) is 2.26. The van der Waals surface area contributed by atoms with E-state index in [2.05, 4.69) is 0 Å². The summed E-state index contributed by atoms with van der Waals surface area (Å²) in [6.45, 7) is 3.53. The molecule has 3 heteroatoms. The minimum absolute atomic E-state index is 0.133. The first kappa shape index (κ1) is 11.4. The van der Waals surface area contributed by atoms with Gasteiger partial charge in [0.15, 0.2) is 0 Å². The SMILES string of the molecule is CCC(=O)N(Cc1ccccc1)C(C)=O. The number of amides is 2. The van der Waals surface area contributed by atoms with Gasteiger partial charge in [-0.2, -0.15) is 0 Å². The quantitative estimate of drug-likeness (QED) is 0.756. The number of carbonyl (C=O) groups is 2. The molecule has 0 aliphatic heterocycles. The number of imide groups is 1. The molecule has 0 spiro atoms. The van der Waals surface area contributed by atoms with Crippen LogP contribution in [0.3, 0.4) is 0 Å². The van der Waals surface area contributed by atoms with Crippen LogP contribution in [0, 0.1) is 0 Å². The van der Waals surface area contributed by atoms with Crippen LogP contribution in [0.25, 0.3) is 0 Å². The van der Waals surface area contributed by atoms with Gasteiger partial charge in [0.2, 0.25) is 11.8 Å². The fourth-order valence-corrected chi connectivity index (χ4v) is 1.33. The highest BCUT2D eigenvalue weighted by Gasteiger charge is 2.15. The molecule has 0 saturated carbocycles. The summed E-state index contributed by atoms with van der Waals surface area (Å²) >= 11 is 0. The van der Waals surface area contributed by atoms with Crippen molar-refractivity contribution in [3.63, 3.8) is 0 Å². The second-order valence-electron chi connectivity index (χ2n) is 3.34. The van der Waals surface area contributed by atoms with Crippen LogP contribution in [-0.2, 0) is 16.1 Å². The first-order valence-corrected chi connectivity index (χ1v) is 5.00. The van der Waals surface area contributed by atoms with Gasteiger partial charge >= 0.3 is 0 Å². The van der Waals surface area contributed by atoms with Gasteiger partial charge in [-0.15, -0.1) is 0 Å². The predicted octanol–water partition coefficient (Wildman–Crippen LogP) is 1.97. The summed E-state index contributed by atoms with van der Waals surface area (Å²) in [5.41, 5.74) is 0.967. The van der Waals surface area contributed by atoms with Crippen molar-refractivity contribution in [2.24, 2.45) is 0 Å². The van der Waals surface area contributed by atoms with Crippen molar-refractivity contribution in [3.05, 3.63) is 35.9 Å². The Labute approximate surface area is 89.7 Å². The predicted molar refractivity (Wildman–Crippen MR) is 58.0 cm³/mol. The Hall–Kier alpha value is -1.64. The molecule has 0 aromatic heterocycles. The minimum Gasteiger partial charge on any atom is -0.278 e. The van der Waals surface area contributed by atoms with Crippen LogP contribution in [0.5, 0.6) is 0 Å². The molecule has 1 rings (SSSR count). The summed E-state index contributed by atoms with van der Waals surface area (Å²) in [6.07, 6.45) is 0.354. The largest absolute Gasteiger partial charge is 0.278 e. The van der Waals surface area contributed by atoms with E-state index in [1.807, 2.05) is 30.3 Å². The first-order valence-electron chi connectivity index (χ1n) is 5.00. The van der Waals surface area contributed by atoms with Gasteiger partial charge in [0.1, 0.15) is 0 Å². The van der Waals surface area contributed by atoms with Crippen molar-refractivity contribution < 1.29 is 9.59 Å². The zero-order valence-corrected chi connectivity index (χ0v) is 9.06. The van der Waals surface area contributed by atoms with Gasteiger partial charge in [0.05, 0.1) is 6.54 Å². The lowest BCUT2D eigenvalue weighted by atomic mass is 10.2. The number of hydrogen-bond acceptors (Lipinski definition) is 2. The average molecular weight is 205 g/mol. The van der Waals surface area contributed by atoms with Crippen LogP contribution in [-0.4, -0.2) is 16.7 Å². The number of nitrogens with zero attached hydrogens (tertiary/aromatic N) is 1. The first-order chi connectivity index (χ1) is 7.15. The van der Waals surface area contributed by atoms with E-state index in [9.17, 15) is 9.59 Å². The van der Waals surface area contributed by atoms with E-state index < -0.39 is 0 Å². The van der Waals surface area contributed by atoms with Crippen LogP contribution >= 0.6 is 0 Å². The molecular formula is C12H15NO2. The lowest BCUT2D eigenvalue weighted by molar-refractivity contribution is -0.144. The Morgan fingerprint density at radius 1 is 1.20 bits per heavy atom. The van der Waals surface area contributed by atoms with Crippen LogP contribution in [0.1, 0.15) is 25.8 Å². The normalized spacial score (nSPS) is 9.73. The van der Waals surface area contributed by atoms with Crippen LogP contribution < -0.4 is 0 Å². The minimum atomic E-state index is -0.203. The standard InChI is InChI=1S/C12H15NO2/c1-3-12(15)13(10(2)14)9-11-7-5-4-6-8-11/h4-8H,3,9H2,1-2H3. The van der Waals surface area contributed by atoms with Gasteiger partial charge in [-0.25, -0.2) is 0 Å². The molecule has 2 amide bonds. The van der Waals surface area contributed by atoms with Gasteiger partial charge in [-0.3, -0.25) is 14.5 Å². The summed E-state index contributed by atoms with van der Waals surface area (Å²) in [5, 5.41) is 0. The van der Waals surface area contributed by atoms with E-state index >= 15 is 0 Å². The molecule has 0 heterocycles. The molecule has 0 fully saturated rings. The molecule has 0 N–H and O–H groups in total. The second kappa shape index (κ2) is 5.29. The van der Waals surface area contributed by atoms with E-state index in [1.165, 1.54) is 11.8 Å². The zero-order valence-electron chi connectivity index (χ0n) is 9.06. The summed E-state index contributed by atoms with van der Waals surface area (Å²) < 4.78 is 0. The topological polar surface area (TPSA) is 37.4 Å². The Morgan fingerprint density at radius 2 is 1.80 bits per heavy atom. The molecule has 3 nitrogen and oxygen atoms in total. The van der Waals surface area contributed by atoms with E-state index in [4.69, 9.17) is 0 Å². The summed E-state index contributed by atoms with van der Waals surface area (Å²) in [4.78, 5) is 24.0. The maximum absolute atomic E-state index is 11.5. The Kier molecular flexibility index (Phi) is 4.03. The number of rotatable bonds is 3. The van der Waals surface area contributed by atoms with E-state index in [0.29, 0.717) is 13.0 Å². The fourth-order valence-electron chi connectivity index (χ4n) is 1.33. The highest BCUT2D eigenvalue weighted by atomic mass is 16.2. The van der Waals surface area contributed by atoms with Crippen molar-refractivity contribution in [1.29, 1.82) is 0 Å². The Morgan fingerprint density at radius 3 is 2.27 bits per heavy atom. The molecule has 80 valence electrons. The highest BCUT2D eigenvalue weighted by molar-refractivity contribution is 5.93. The summed E-state index contributed by atoms with van der Waals surface area (Å²) in [6, 6.07) is 9.50. The molecule has 0 radical (unpaired) electrons. The van der Waals surface area contributed by atoms with Crippen molar-refractivity contribution in [3.8, 4) is 0 Å². The van der Waals surface area contributed by atoms with Gasteiger partial charge in [0.25, 0.3) is 0 Å². The third-order valence-electron chi connectivity index (χ3n) is 2.17. The van der Waals surface area contributed by atoms with Crippen molar-refractivity contribution in [1.82, 2.24) is 4.90 Å². The Balaban J connectivity index is 2.76. The molecule has 0 aliphatic carbocycles. The maximum Gasteiger partial charge on any atom is 0.229 e. The van der Waals surface area contributed by atoms with Crippen molar-refractivity contribution >= 4 is 11.8 Å². The van der Waals surface area contributed by atoms with Gasteiger partial charge in [-0.1, -0.05) is 37.3 Å². The molecule has 1 aromatic carbocycles. The molecule has 0 aliphatic rings. The summed E-state index contributed by atoms with van der Waals surface area (Å²) in [5.74, 6) is -0.336. The van der Waals surface area contributed by atoms with Crippen LogP contribution in [0.2, 0.25) is 0 Å². The third kappa shape index (κ3) is 3.20. The third-order valence-corrected chi connectivity index (χ3v) is 2.17. The molecule has 0 bridgehead atoms. The lowest BCUT2D eigenvalue weighted by Gasteiger charge is -2.18. The van der Waals surface area contributed by atoms with Crippen molar-refractivity contribution in [2.75, 3.05) is 0 Å².